The second-order valence-corrected chi connectivity index (χ2v) is 7.74. The summed E-state index contributed by atoms with van der Waals surface area (Å²) >= 11 is 0. The van der Waals surface area contributed by atoms with Gasteiger partial charge in [-0.15, -0.1) is 0 Å². The van der Waals surface area contributed by atoms with Gasteiger partial charge < -0.3 is 9.47 Å². The quantitative estimate of drug-likeness (QED) is 0.522. The summed E-state index contributed by atoms with van der Waals surface area (Å²) in [5.74, 6) is 1.26. The Kier molecular flexibility index (Phi) is 7.24. The molecule has 2 aromatic carbocycles. The van der Waals surface area contributed by atoms with Crippen LogP contribution in [0.15, 0.2) is 46.4 Å². The van der Waals surface area contributed by atoms with E-state index in [1.807, 2.05) is 26.8 Å². The molecule has 6 nitrogen and oxygen atoms in total. The molecule has 0 atom stereocenters. The zero-order valence-corrected chi connectivity index (χ0v) is 17.0. The summed E-state index contributed by atoms with van der Waals surface area (Å²) in [6.45, 7) is 8.70. The maximum atomic E-state index is 12.4. The maximum absolute atomic E-state index is 12.4. The Morgan fingerprint density at radius 3 is 2.48 bits per heavy atom. The second kappa shape index (κ2) is 9.41. The van der Waals surface area contributed by atoms with E-state index >= 15 is 0 Å². The smallest absolute Gasteiger partial charge is 0.276 e. The minimum absolute atomic E-state index is 0.212. The summed E-state index contributed by atoms with van der Waals surface area (Å²) in [5.41, 5.74) is 2.38. The lowest BCUT2D eigenvalue weighted by Crippen LogP contribution is -2.19. The van der Waals surface area contributed by atoms with Crippen molar-refractivity contribution in [2.45, 2.75) is 39.0 Å². The molecule has 0 spiro atoms. The molecule has 0 aliphatic carbocycles. The molecule has 1 N–H and O–H groups in total. The Balaban J connectivity index is 2.16. The Morgan fingerprint density at radius 1 is 1.04 bits per heavy atom. The highest BCUT2D eigenvalue weighted by Crippen LogP contribution is 2.28. The minimum Gasteiger partial charge on any atom is -0.490 e. The van der Waals surface area contributed by atoms with Gasteiger partial charge in [0.25, 0.3) is 10.0 Å². The highest BCUT2D eigenvalue weighted by Gasteiger charge is 2.15. The molecule has 0 amide bonds. The fourth-order valence-electron chi connectivity index (χ4n) is 2.52. The van der Waals surface area contributed by atoms with Gasteiger partial charge in [-0.3, -0.25) is 0 Å². The van der Waals surface area contributed by atoms with Crippen LogP contribution in [0.3, 0.4) is 0 Å². The van der Waals surface area contributed by atoms with Crippen molar-refractivity contribution in [3.05, 3.63) is 53.1 Å². The molecule has 7 heteroatoms. The Bertz CT molecular complexity index is 908. The van der Waals surface area contributed by atoms with E-state index in [-0.39, 0.29) is 4.90 Å². The third-order valence-corrected chi connectivity index (χ3v) is 5.12. The highest BCUT2D eigenvalue weighted by molar-refractivity contribution is 7.89. The lowest BCUT2D eigenvalue weighted by molar-refractivity contribution is 0.277. The highest BCUT2D eigenvalue weighted by atomic mass is 32.2. The van der Waals surface area contributed by atoms with Crippen molar-refractivity contribution in [1.82, 2.24) is 4.83 Å². The van der Waals surface area contributed by atoms with Crippen molar-refractivity contribution < 1.29 is 17.9 Å². The predicted molar refractivity (Wildman–Crippen MR) is 107 cm³/mol. The van der Waals surface area contributed by atoms with Gasteiger partial charge in [0.2, 0.25) is 0 Å². The normalized spacial score (nSPS) is 11.6. The van der Waals surface area contributed by atoms with Gasteiger partial charge in [-0.25, -0.2) is 4.83 Å². The molecule has 2 rings (SSSR count). The SMILES string of the molecule is CCCOc1ccc(/C=N/NS(=O)(=O)c2ccc(C)cc2C)cc1OCC. The van der Waals surface area contributed by atoms with E-state index in [1.165, 1.54) is 6.21 Å². The molecule has 0 radical (unpaired) electrons. The van der Waals surface area contributed by atoms with Gasteiger partial charge in [0.05, 0.1) is 24.3 Å². The molecular formula is C20H26N2O4S. The lowest BCUT2D eigenvalue weighted by atomic mass is 10.2. The number of nitrogens with one attached hydrogen (secondary N) is 1. The zero-order valence-electron chi connectivity index (χ0n) is 16.2. The molecular weight excluding hydrogens is 364 g/mol. The summed E-state index contributed by atoms with van der Waals surface area (Å²) in [4.78, 5) is 2.47. The van der Waals surface area contributed by atoms with Crippen molar-refractivity contribution in [2.75, 3.05) is 13.2 Å². The maximum Gasteiger partial charge on any atom is 0.276 e. The Hall–Kier alpha value is -2.54. The van der Waals surface area contributed by atoms with Gasteiger partial charge in [0.15, 0.2) is 11.5 Å². The van der Waals surface area contributed by atoms with Crippen molar-refractivity contribution in [3.63, 3.8) is 0 Å². The molecule has 0 saturated carbocycles. The first-order chi connectivity index (χ1) is 12.9. The summed E-state index contributed by atoms with van der Waals surface area (Å²) in [7, 11) is -3.72. The van der Waals surface area contributed by atoms with E-state index < -0.39 is 10.0 Å². The van der Waals surface area contributed by atoms with Crippen LogP contribution in [-0.2, 0) is 10.0 Å². The van der Waals surface area contributed by atoms with Crippen LogP contribution in [0.5, 0.6) is 11.5 Å². The van der Waals surface area contributed by atoms with Crippen LogP contribution in [0.1, 0.15) is 37.0 Å². The predicted octanol–water partition coefficient (Wildman–Crippen LogP) is 3.80. The molecule has 0 bridgehead atoms. The minimum atomic E-state index is -3.72. The number of sulfonamides is 1. The second-order valence-electron chi connectivity index (χ2n) is 6.11. The number of hydrogen-bond donors (Lipinski definition) is 1. The van der Waals surface area contributed by atoms with Crippen LogP contribution in [0.4, 0.5) is 0 Å². The number of hydrazone groups is 1. The fourth-order valence-corrected chi connectivity index (χ4v) is 3.54. The number of rotatable bonds is 9. The van der Waals surface area contributed by atoms with Gasteiger partial charge in [-0.1, -0.05) is 24.6 Å². The molecule has 0 fully saturated rings. The first-order valence-corrected chi connectivity index (χ1v) is 10.4. The van der Waals surface area contributed by atoms with Crippen molar-refractivity contribution in [3.8, 4) is 11.5 Å². The van der Waals surface area contributed by atoms with Crippen LogP contribution < -0.4 is 14.3 Å². The first-order valence-electron chi connectivity index (χ1n) is 8.89. The first kappa shape index (κ1) is 20.8. The lowest BCUT2D eigenvalue weighted by Gasteiger charge is -2.12. The molecule has 0 heterocycles. The summed E-state index contributed by atoms with van der Waals surface area (Å²) in [5, 5.41) is 3.89. The van der Waals surface area contributed by atoms with Crippen LogP contribution in [0.2, 0.25) is 0 Å². The topological polar surface area (TPSA) is 77.0 Å². The van der Waals surface area contributed by atoms with Crippen molar-refractivity contribution >= 4 is 16.2 Å². The Labute approximate surface area is 161 Å². The molecule has 0 aliphatic rings. The zero-order chi connectivity index (χ0) is 19.9. The third kappa shape index (κ3) is 5.72. The Morgan fingerprint density at radius 2 is 1.81 bits per heavy atom. The van der Waals surface area contributed by atoms with Gasteiger partial charge in [-0.2, -0.15) is 13.5 Å². The largest absolute Gasteiger partial charge is 0.490 e. The van der Waals surface area contributed by atoms with Gasteiger partial charge >= 0.3 is 0 Å². The monoisotopic (exact) mass is 390 g/mol. The summed E-state index contributed by atoms with van der Waals surface area (Å²) in [6, 6.07) is 10.5. The molecule has 0 saturated heterocycles. The number of aryl methyl sites for hydroxylation is 2. The molecule has 146 valence electrons. The number of nitrogens with zero attached hydrogens (tertiary/aromatic N) is 1. The summed E-state index contributed by atoms with van der Waals surface area (Å²) < 4.78 is 36.1. The van der Waals surface area contributed by atoms with Crippen LogP contribution in [0, 0.1) is 13.8 Å². The molecule has 0 unspecified atom stereocenters. The average Bonchev–Trinajstić information content (AvgIpc) is 2.61. The van der Waals surface area contributed by atoms with E-state index in [9.17, 15) is 8.42 Å². The van der Waals surface area contributed by atoms with E-state index in [0.717, 1.165) is 12.0 Å². The average molecular weight is 391 g/mol. The van der Waals surface area contributed by atoms with Crippen LogP contribution in [-0.4, -0.2) is 27.8 Å². The summed E-state index contributed by atoms with van der Waals surface area (Å²) in [6.07, 6.45) is 2.34. The standard InChI is InChI=1S/C20H26N2O4S/c1-5-11-26-18-9-8-17(13-19(18)25-6-2)14-21-22-27(23,24)20-10-7-15(3)12-16(20)4/h7-10,12-14,22H,5-6,11H2,1-4H3/b21-14+. The fraction of sp³-hybridized carbons (Fsp3) is 0.350. The van der Waals surface area contributed by atoms with Crippen molar-refractivity contribution in [2.24, 2.45) is 5.10 Å². The number of hydrogen-bond acceptors (Lipinski definition) is 5. The number of ether oxygens (including phenoxy) is 2. The molecule has 0 aromatic heterocycles. The van der Waals surface area contributed by atoms with Gasteiger partial charge in [-0.05, 0) is 62.6 Å². The van der Waals surface area contributed by atoms with E-state index in [2.05, 4.69) is 9.93 Å². The van der Waals surface area contributed by atoms with E-state index in [0.29, 0.717) is 35.8 Å². The van der Waals surface area contributed by atoms with E-state index in [1.54, 1.807) is 37.3 Å². The molecule has 0 aliphatic heterocycles. The molecule has 27 heavy (non-hydrogen) atoms. The number of benzene rings is 2. The third-order valence-electron chi connectivity index (χ3n) is 3.74. The van der Waals surface area contributed by atoms with Gasteiger partial charge in [0, 0.05) is 0 Å². The van der Waals surface area contributed by atoms with E-state index in [4.69, 9.17) is 9.47 Å². The van der Waals surface area contributed by atoms with Crippen LogP contribution >= 0.6 is 0 Å². The van der Waals surface area contributed by atoms with Gasteiger partial charge in [0.1, 0.15) is 0 Å². The van der Waals surface area contributed by atoms with Crippen molar-refractivity contribution in [1.29, 1.82) is 0 Å². The van der Waals surface area contributed by atoms with Crippen LogP contribution in [0.25, 0.3) is 0 Å². The molecule has 2 aromatic rings.